The average molecular weight is 301 g/mol. The third-order valence-corrected chi connectivity index (χ3v) is 3.31. The minimum atomic E-state index is -4.37. The Morgan fingerprint density at radius 1 is 1.19 bits per heavy atom. The van der Waals surface area contributed by atoms with Crippen molar-refractivity contribution < 1.29 is 18.0 Å². The normalized spacial score (nSPS) is 23.0. The van der Waals surface area contributed by atoms with Gasteiger partial charge in [-0.1, -0.05) is 0 Å². The summed E-state index contributed by atoms with van der Waals surface area (Å²) in [5, 5.41) is 5.93. The largest absolute Gasteiger partial charge is 0.416 e. The topological polar surface area (TPSA) is 44.4 Å². The van der Waals surface area contributed by atoms with E-state index in [4.69, 9.17) is 0 Å². The standard InChI is InChI=1S/C14H18F3N3O/c1-9-7-20(8-10(2)18-9)13(21)19-12-5-3-11(4-6-12)14(15,16)17/h3-6,9-10,18H,7-8H2,1-2H3,(H,19,21). The predicted molar refractivity (Wildman–Crippen MR) is 74.1 cm³/mol. The molecule has 0 aromatic heterocycles. The van der Waals surface area contributed by atoms with Crippen LogP contribution < -0.4 is 10.6 Å². The summed E-state index contributed by atoms with van der Waals surface area (Å²) in [6, 6.07) is 4.51. The lowest BCUT2D eigenvalue weighted by Crippen LogP contribution is -2.56. The van der Waals surface area contributed by atoms with Crippen molar-refractivity contribution in [2.45, 2.75) is 32.1 Å². The Hall–Kier alpha value is -1.76. The summed E-state index contributed by atoms with van der Waals surface area (Å²) >= 11 is 0. The molecule has 1 heterocycles. The molecule has 2 unspecified atom stereocenters. The van der Waals surface area contributed by atoms with Gasteiger partial charge in [0, 0.05) is 30.9 Å². The SMILES string of the molecule is CC1CN(C(=O)Nc2ccc(C(F)(F)F)cc2)CC(C)N1. The van der Waals surface area contributed by atoms with E-state index in [2.05, 4.69) is 10.6 Å². The summed E-state index contributed by atoms with van der Waals surface area (Å²) in [5.74, 6) is 0. The van der Waals surface area contributed by atoms with Crippen molar-refractivity contribution in [3.63, 3.8) is 0 Å². The van der Waals surface area contributed by atoms with Crippen LogP contribution in [-0.4, -0.2) is 36.1 Å². The van der Waals surface area contributed by atoms with Gasteiger partial charge in [-0.15, -0.1) is 0 Å². The van der Waals surface area contributed by atoms with Gasteiger partial charge in [-0.2, -0.15) is 13.2 Å². The van der Waals surface area contributed by atoms with Gasteiger partial charge in [-0.3, -0.25) is 0 Å². The molecule has 2 amide bonds. The van der Waals surface area contributed by atoms with Crippen LogP contribution in [0.1, 0.15) is 19.4 Å². The molecule has 0 aliphatic carbocycles. The lowest BCUT2D eigenvalue weighted by atomic mass is 10.1. The second-order valence-corrected chi connectivity index (χ2v) is 5.38. The third-order valence-electron chi connectivity index (χ3n) is 3.31. The highest BCUT2D eigenvalue weighted by Gasteiger charge is 2.30. The van der Waals surface area contributed by atoms with Crippen molar-refractivity contribution in [3.05, 3.63) is 29.8 Å². The van der Waals surface area contributed by atoms with Crippen molar-refractivity contribution in [1.29, 1.82) is 0 Å². The first-order valence-electron chi connectivity index (χ1n) is 6.75. The molecule has 1 aliphatic rings. The Bertz CT molecular complexity index is 491. The van der Waals surface area contributed by atoms with E-state index < -0.39 is 11.7 Å². The molecular weight excluding hydrogens is 283 g/mol. The van der Waals surface area contributed by atoms with Gasteiger partial charge in [-0.25, -0.2) is 4.79 Å². The zero-order valence-corrected chi connectivity index (χ0v) is 11.9. The van der Waals surface area contributed by atoms with Crippen molar-refractivity contribution in [2.24, 2.45) is 0 Å². The van der Waals surface area contributed by atoms with Gasteiger partial charge in [-0.05, 0) is 38.1 Å². The first-order chi connectivity index (χ1) is 9.75. The average Bonchev–Trinajstić information content (AvgIpc) is 2.37. The summed E-state index contributed by atoms with van der Waals surface area (Å²) in [6.45, 7) is 5.09. The van der Waals surface area contributed by atoms with Gasteiger partial charge in [0.15, 0.2) is 0 Å². The second-order valence-electron chi connectivity index (χ2n) is 5.38. The highest BCUT2D eigenvalue weighted by Crippen LogP contribution is 2.29. The number of hydrogen-bond donors (Lipinski definition) is 2. The Labute approximate surface area is 121 Å². The van der Waals surface area contributed by atoms with Gasteiger partial charge >= 0.3 is 12.2 Å². The van der Waals surface area contributed by atoms with Crippen LogP contribution in [0, 0.1) is 0 Å². The number of alkyl halides is 3. The van der Waals surface area contributed by atoms with Crippen LogP contribution in [0.4, 0.5) is 23.7 Å². The maximum atomic E-state index is 12.5. The van der Waals surface area contributed by atoms with Crippen molar-refractivity contribution in [3.8, 4) is 0 Å². The number of nitrogens with one attached hydrogen (secondary N) is 2. The maximum absolute atomic E-state index is 12.5. The Morgan fingerprint density at radius 2 is 1.71 bits per heavy atom. The quantitative estimate of drug-likeness (QED) is 0.837. The number of nitrogens with zero attached hydrogens (tertiary/aromatic N) is 1. The molecule has 1 aliphatic heterocycles. The molecule has 21 heavy (non-hydrogen) atoms. The van der Waals surface area contributed by atoms with E-state index in [0.29, 0.717) is 18.8 Å². The number of rotatable bonds is 1. The Kier molecular flexibility index (Phi) is 4.41. The Balaban J connectivity index is 1.99. The fraction of sp³-hybridized carbons (Fsp3) is 0.500. The summed E-state index contributed by atoms with van der Waals surface area (Å²) in [6.07, 6.45) is -4.37. The van der Waals surface area contributed by atoms with Crippen LogP contribution in [0.15, 0.2) is 24.3 Å². The molecule has 1 fully saturated rings. The van der Waals surface area contributed by atoms with E-state index in [0.717, 1.165) is 12.1 Å². The second kappa shape index (κ2) is 5.93. The fourth-order valence-corrected chi connectivity index (χ4v) is 2.44. The van der Waals surface area contributed by atoms with E-state index >= 15 is 0 Å². The number of amides is 2. The zero-order chi connectivity index (χ0) is 15.6. The molecule has 2 rings (SSSR count). The molecule has 7 heteroatoms. The molecule has 1 aromatic rings. The summed E-state index contributed by atoms with van der Waals surface area (Å²) in [7, 11) is 0. The summed E-state index contributed by atoms with van der Waals surface area (Å²) < 4.78 is 37.4. The molecule has 2 atom stereocenters. The molecule has 116 valence electrons. The molecule has 1 saturated heterocycles. The van der Waals surface area contributed by atoms with E-state index in [1.165, 1.54) is 12.1 Å². The number of hydrogen-bond acceptors (Lipinski definition) is 2. The molecule has 0 radical (unpaired) electrons. The highest BCUT2D eigenvalue weighted by atomic mass is 19.4. The number of piperazine rings is 1. The van der Waals surface area contributed by atoms with Crippen LogP contribution in [0.3, 0.4) is 0 Å². The minimum Gasteiger partial charge on any atom is -0.321 e. The minimum absolute atomic E-state index is 0.187. The van der Waals surface area contributed by atoms with E-state index in [9.17, 15) is 18.0 Å². The van der Waals surface area contributed by atoms with E-state index in [1.54, 1.807) is 4.90 Å². The number of urea groups is 1. The number of halogens is 3. The van der Waals surface area contributed by atoms with Crippen LogP contribution in [0.5, 0.6) is 0 Å². The summed E-state index contributed by atoms with van der Waals surface area (Å²) in [4.78, 5) is 13.8. The Morgan fingerprint density at radius 3 is 2.19 bits per heavy atom. The first kappa shape index (κ1) is 15.6. The molecule has 4 nitrogen and oxygen atoms in total. The van der Waals surface area contributed by atoms with Crippen molar-refractivity contribution >= 4 is 11.7 Å². The van der Waals surface area contributed by atoms with E-state index in [1.807, 2.05) is 13.8 Å². The number of carbonyl (C=O) groups is 1. The molecule has 0 saturated carbocycles. The van der Waals surface area contributed by atoms with Crippen LogP contribution in [0.25, 0.3) is 0 Å². The maximum Gasteiger partial charge on any atom is 0.416 e. The number of anilines is 1. The van der Waals surface area contributed by atoms with Gasteiger partial charge in [0.25, 0.3) is 0 Å². The van der Waals surface area contributed by atoms with Crippen LogP contribution in [-0.2, 0) is 6.18 Å². The molecule has 1 aromatic carbocycles. The number of carbonyl (C=O) groups excluding carboxylic acids is 1. The smallest absolute Gasteiger partial charge is 0.321 e. The molecule has 0 spiro atoms. The van der Waals surface area contributed by atoms with Gasteiger partial charge in [0.05, 0.1) is 5.56 Å². The fourth-order valence-electron chi connectivity index (χ4n) is 2.44. The van der Waals surface area contributed by atoms with Crippen molar-refractivity contribution in [2.75, 3.05) is 18.4 Å². The predicted octanol–water partition coefficient (Wildman–Crippen LogP) is 2.92. The third kappa shape index (κ3) is 4.10. The van der Waals surface area contributed by atoms with Crippen molar-refractivity contribution in [1.82, 2.24) is 10.2 Å². The molecule has 2 N–H and O–H groups in total. The molecular formula is C14H18F3N3O. The van der Waals surface area contributed by atoms with Gasteiger partial charge < -0.3 is 15.5 Å². The zero-order valence-electron chi connectivity index (χ0n) is 11.9. The van der Waals surface area contributed by atoms with E-state index in [-0.39, 0.29) is 18.1 Å². The summed E-state index contributed by atoms with van der Waals surface area (Å²) in [5.41, 5.74) is -0.378. The van der Waals surface area contributed by atoms with Gasteiger partial charge in [0.1, 0.15) is 0 Å². The monoisotopic (exact) mass is 301 g/mol. The first-order valence-corrected chi connectivity index (χ1v) is 6.75. The lowest BCUT2D eigenvalue weighted by molar-refractivity contribution is -0.137. The van der Waals surface area contributed by atoms with Crippen LogP contribution in [0.2, 0.25) is 0 Å². The molecule has 0 bridgehead atoms. The lowest BCUT2D eigenvalue weighted by Gasteiger charge is -2.36. The van der Waals surface area contributed by atoms with Crippen LogP contribution >= 0.6 is 0 Å². The highest BCUT2D eigenvalue weighted by molar-refractivity contribution is 5.89. The number of benzene rings is 1. The van der Waals surface area contributed by atoms with Gasteiger partial charge in [0.2, 0.25) is 0 Å².